The van der Waals surface area contributed by atoms with Crippen molar-refractivity contribution in [3.63, 3.8) is 0 Å². The Morgan fingerprint density at radius 2 is 2.00 bits per heavy atom. The van der Waals surface area contributed by atoms with Crippen LogP contribution < -0.4 is 10.6 Å². The van der Waals surface area contributed by atoms with E-state index in [1.165, 1.54) is 0 Å². The Morgan fingerprint density at radius 3 is 2.58 bits per heavy atom. The lowest BCUT2D eigenvalue weighted by Crippen LogP contribution is -2.33. The van der Waals surface area contributed by atoms with Crippen molar-refractivity contribution < 1.29 is 9.59 Å². The molecule has 104 valence electrons. The summed E-state index contributed by atoms with van der Waals surface area (Å²) in [6.07, 6.45) is 2.52. The Balaban J connectivity index is 2.84. The van der Waals surface area contributed by atoms with Gasteiger partial charge in [-0.3, -0.25) is 9.59 Å². The van der Waals surface area contributed by atoms with E-state index in [9.17, 15) is 9.59 Å². The summed E-state index contributed by atoms with van der Waals surface area (Å²) >= 11 is 0. The lowest BCUT2D eigenvalue weighted by Gasteiger charge is -2.22. The van der Waals surface area contributed by atoms with Crippen LogP contribution >= 0.6 is 0 Å². The quantitative estimate of drug-likeness (QED) is 0.820. The van der Waals surface area contributed by atoms with Gasteiger partial charge in [-0.1, -0.05) is 25.5 Å². The van der Waals surface area contributed by atoms with Crippen molar-refractivity contribution in [3.8, 4) is 0 Å². The summed E-state index contributed by atoms with van der Waals surface area (Å²) in [7, 11) is 0. The molecule has 0 aliphatic rings. The van der Waals surface area contributed by atoms with E-state index in [-0.39, 0.29) is 18.2 Å². The molecular weight excluding hydrogens is 240 g/mol. The average Bonchev–Trinajstić information content (AvgIpc) is 2.36. The highest BCUT2D eigenvalue weighted by Gasteiger charge is 2.15. The van der Waals surface area contributed by atoms with E-state index >= 15 is 0 Å². The molecule has 0 spiro atoms. The number of nitrogens with zero attached hydrogens (tertiary/aromatic N) is 1. The summed E-state index contributed by atoms with van der Waals surface area (Å²) in [6, 6.07) is 7.73. The van der Waals surface area contributed by atoms with Crippen molar-refractivity contribution in [1.82, 2.24) is 0 Å². The van der Waals surface area contributed by atoms with Gasteiger partial charge in [0.15, 0.2) is 0 Å². The maximum Gasteiger partial charge on any atom is 0.226 e. The van der Waals surface area contributed by atoms with E-state index in [4.69, 9.17) is 5.73 Å². The summed E-state index contributed by atoms with van der Waals surface area (Å²) in [5, 5.41) is 0. The van der Waals surface area contributed by atoms with Crippen LogP contribution in [0.2, 0.25) is 0 Å². The van der Waals surface area contributed by atoms with Gasteiger partial charge in [0.2, 0.25) is 11.8 Å². The third-order valence-electron chi connectivity index (χ3n) is 2.94. The molecule has 1 aromatic carbocycles. The van der Waals surface area contributed by atoms with Gasteiger partial charge >= 0.3 is 0 Å². The lowest BCUT2D eigenvalue weighted by atomic mass is 10.1. The second-order valence-electron chi connectivity index (χ2n) is 4.70. The Hall–Kier alpha value is -1.84. The van der Waals surface area contributed by atoms with E-state index in [0.29, 0.717) is 13.0 Å². The minimum Gasteiger partial charge on any atom is -0.370 e. The SMILES string of the molecule is CCCCC(=O)N(CCC(N)=O)c1cccc(C)c1. The van der Waals surface area contributed by atoms with Gasteiger partial charge in [-0.25, -0.2) is 0 Å². The molecule has 2 amide bonds. The van der Waals surface area contributed by atoms with E-state index in [1.54, 1.807) is 4.90 Å². The average molecular weight is 262 g/mol. The normalized spacial score (nSPS) is 10.2. The topological polar surface area (TPSA) is 63.4 Å². The van der Waals surface area contributed by atoms with Crippen molar-refractivity contribution in [2.75, 3.05) is 11.4 Å². The van der Waals surface area contributed by atoms with Gasteiger partial charge in [-0.15, -0.1) is 0 Å². The summed E-state index contributed by atoms with van der Waals surface area (Å²) in [5.41, 5.74) is 7.10. The number of primary amides is 1. The molecule has 0 aliphatic carbocycles. The molecule has 1 rings (SSSR count). The molecule has 0 atom stereocenters. The molecule has 4 nitrogen and oxygen atoms in total. The van der Waals surface area contributed by atoms with Crippen LogP contribution in [-0.2, 0) is 9.59 Å². The third-order valence-corrected chi connectivity index (χ3v) is 2.94. The van der Waals surface area contributed by atoms with Gasteiger partial charge in [0.25, 0.3) is 0 Å². The maximum atomic E-state index is 12.2. The minimum absolute atomic E-state index is 0.0497. The first-order chi connectivity index (χ1) is 9.04. The molecule has 1 aromatic rings. The predicted molar refractivity (Wildman–Crippen MR) is 76.9 cm³/mol. The first-order valence-corrected chi connectivity index (χ1v) is 6.70. The molecule has 0 saturated heterocycles. The zero-order chi connectivity index (χ0) is 14.3. The Bertz CT molecular complexity index is 444. The monoisotopic (exact) mass is 262 g/mol. The molecule has 0 heterocycles. The van der Waals surface area contributed by atoms with Crippen LogP contribution in [0.25, 0.3) is 0 Å². The number of aryl methyl sites for hydroxylation is 1. The van der Waals surface area contributed by atoms with Crippen LogP contribution in [0.4, 0.5) is 5.69 Å². The zero-order valence-corrected chi connectivity index (χ0v) is 11.7. The highest BCUT2D eigenvalue weighted by atomic mass is 16.2. The number of carbonyl (C=O) groups excluding carboxylic acids is 2. The lowest BCUT2D eigenvalue weighted by molar-refractivity contribution is -0.119. The van der Waals surface area contributed by atoms with Crippen molar-refractivity contribution >= 4 is 17.5 Å². The minimum atomic E-state index is -0.388. The van der Waals surface area contributed by atoms with Crippen molar-refractivity contribution in [2.24, 2.45) is 5.73 Å². The molecule has 0 saturated carbocycles. The summed E-state index contributed by atoms with van der Waals surface area (Å²) in [5.74, 6) is -0.338. The first kappa shape index (κ1) is 15.2. The number of anilines is 1. The Kier molecular flexibility index (Phi) is 6.06. The molecule has 0 fully saturated rings. The molecule has 0 aliphatic heterocycles. The van der Waals surface area contributed by atoms with Gasteiger partial charge < -0.3 is 10.6 Å². The van der Waals surface area contributed by atoms with Crippen LogP contribution in [0.15, 0.2) is 24.3 Å². The fourth-order valence-electron chi connectivity index (χ4n) is 1.88. The smallest absolute Gasteiger partial charge is 0.226 e. The van der Waals surface area contributed by atoms with Gasteiger partial charge in [0, 0.05) is 25.1 Å². The fourth-order valence-corrected chi connectivity index (χ4v) is 1.88. The second-order valence-corrected chi connectivity index (χ2v) is 4.70. The highest BCUT2D eigenvalue weighted by molar-refractivity contribution is 5.94. The Morgan fingerprint density at radius 1 is 1.26 bits per heavy atom. The standard InChI is InChI=1S/C15H22N2O2/c1-3-4-8-15(19)17(10-9-14(16)18)13-7-5-6-12(2)11-13/h5-7,11H,3-4,8-10H2,1-2H3,(H2,16,18). The van der Waals surface area contributed by atoms with E-state index in [0.717, 1.165) is 24.1 Å². The van der Waals surface area contributed by atoms with Crippen molar-refractivity contribution in [3.05, 3.63) is 29.8 Å². The molecule has 4 heteroatoms. The predicted octanol–water partition coefficient (Wildman–Crippen LogP) is 2.39. The molecule has 0 aromatic heterocycles. The zero-order valence-electron chi connectivity index (χ0n) is 11.7. The van der Waals surface area contributed by atoms with Gasteiger partial charge in [-0.2, -0.15) is 0 Å². The number of hydrogen-bond donors (Lipinski definition) is 1. The maximum absolute atomic E-state index is 12.2. The Labute approximate surface area is 114 Å². The van der Waals surface area contributed by atoms with Crippen molar-refractivity contribution in [2.45, 2.75) is 39.5 Å². The molecule has 0 bridgehead atoms. The number of rotatable bonds is 7. The van der Waals surface area contributed by atoms with Gasteiger partial charge in [0.1, 0.15) is 0 Å². The fraction of sp³-hybridized carbons (Fsp3) is 0.467. The number of carbonyl (C=O) groups is 2. The number of amides is 2. The van der Waals surface area contributed by atoms with Crippen LogP contribution in [0.3, 0.4) is 0 Å². The van der Waals surface area contributed by atoms with Crippen LogP contribution in [-0.4, -0.2) is 18.4 Å². The summed E-state index contributed by atoms with van der Waals surface area (Å²) in [4.78, 5) is 24.8. The first-order valence-electron chi connectivity index (χ1n) is 6.70. The molecular formula is C15H22N2O2. The largest absolute Gasteiger partial charge is 0.370 e. The van der Waals surface area contributed by atoms with E-state index in [1.807, 2.05) is 38.1 Å². The summed E-state index contributed by atoms with van der Waals surface area (Å²) < 4.78 is 0. The number of nitrogens with two attached hydrogens (primary N) is 1. The van der Waals surface area contributed by atoms with Crippen LogP contribution in [0.5, 0.6) is 0 Å². The molecule has 19 heavy (non-hydrogen) atoms. The second kappa shape index (κ2) is 7.56. The van der Waals surface area contributed by atoms with Gasteiger partial charge in [-0.05, 0) is 31.0 Å². The summed E-state index contributed by atoms with van der Waals surface area (Å²) in [6.45, 7) is 4.38. The van der Waals surface area contributed by atoms with Crippen LogP contribution in [0, 0.1) is 6.92 Å². The number of unbranched alkanes of at least 4 members (excludes halogenated alkanes) is 1. The van der Waals surface area contributed by atoms with Gasteiger partial charge in [0.05, 0.1) is 0 Å². The third kappa shape index (κ3) is 5.12. The van der Waals surface area contributed by atoms with E-state index in [2.05, 4.69) is 0 Å². The number of hydrogen-bond acceptors (Lipinski definition) is 2. The molecule has 0 radical (unpaired) electrons. The highest BCUT2D eigenvalue weighted by Crippen LogP contribution is 2.18. The number of benzene rings is 1. The molecule has 2 N–H and O–H groups in total. The van der Waals surface area contributed by atoms with Crippen molar-refractivity contribution in [1.29, 1.82) is 0 Å². The van der Waals surface area contributed by atoms with Crippen LogP contribution in [0.1, 0.15) is 38.2 Å². The molecule has 0 unspecified atom stereocenters. The van der Waals surface area contributed by atoms with E-state index < -0.39 is 0 Å².